The Labute approximate surface area is 61.0 Å². The number of carboxylic acid groups (broad SMARTS) is 1. The van der Waals surface area contributed by atoms with Gasteiger partial charge in [0.05, 0.1) is 17.7 Å². The summed E-state index contributed by atoms with van der Waals surface area (Å²) in [5.41, 5.74) is -0.132. The number of anilines is 1. The zero-order valence-corrected chi connectivity index (χ0v) is 5.94. The molecule has 0 unspecified atom stereocenters. The molecule has 5 nitrogen and oxygen atoms in total. The number of nitrogens with one attached hydrogen (secondary N) is 1. The van der Waals surface area contributed by atoms with Crippen LogP contribution in [0, 0.1) is 0 Å². The molecule has 1 aromatic rings. The van der Waals surface area contributed by atoms with Gasteiger partial charge in [-0.25, -0.2) is 0 Å². The molecule has 0 fully saturated rings. The van der Waals surface area contributed by atoms with E-state index in [1.807, 2.05) is 0 Å². The van der Waals surface area contributed by atoms with Crippen LogP contribution in [0.15, 0.2) is 0 Å². The normalized spacial score (nSPS) is 9.30. The Hall–Kier alpha value is -1.17. The summed E-state index contributed by atoms with van der Waals surface area (Å²) < 4.78 is 7.15. The molecule has 0 amide bonds. The first-order valence-corrected chi connectivity index (χ1v) is 3.20. The molecule has 0 radical (unpaired) electrons. The van der Waals surface area contributed by atoms with Gasteiger partial charge >= 0.3 is 0 Å². The molecule has 0 saturated carbocycles. The summed E-state index contributed by atoms with van der Waals surface area (Å²) in [6, 6.07) is 0. The largest absolute Gasteiger partial charge is 0.543 e. The average molecular weight is 158 g/mol. The molecule has 0 saturated heterocycles. The first kappa shape index (κ1) is 6.94. The number of nitrogens with zero attached hydrogens (tertiary/aromatic N) is 2. The second-order valence-corrected chi connectivity index (χ2v) is 2.03. The first-order valence-electron chi connectivity index (χ1n) is 2.47. The van der Waals surface area contributed by atoms with Crippen LogP contribution in [0.25, 0.3) is 0 Å². The molecule has 0 aliphatic rings. The molecule has 0 aliphatic heterocycles. The van der Waals surface area contributed by atoms with Gasteiger partial charge in [0.15, 0.2) is 5.82 Å². The number of hydrogen-bond acceptors (Lipinski definition) is 6. The summed E-state index contributed by atoms with van der Waals surface area (Å²) in [7, 11) is 1.57. The Morgan fingerprint density at radius 2 is 2.40 bits per heavy atom. The van der Waals surface area contributed by atoms with Crippen molar-refractivity contribution in [1.29, 1.82) is 0 Å². The minimum absolute atomic E-state index is 0.132. The highest BCUT2D eigenvalue weighted by Crippen LogP contribution is 2.08. The lowest BCUT2D eigenvalue weighted by molar-refractivity contribution is -0.255. The second kappa shape index (κ2) is 2.61. The van der Waals surface area contributed by atoms with Gasteiger partial charge < -0.3 is 15.2 Å². The van der Waals surface area contributed by atoms with Gasteiger partial charge in [0.2, 0.25) is 0 Å². The van der Waals surface area contributed by atoms with Gasteiger partial charge in [0.25, 0.3) is 0 Å². The van der Waals surface area contributed by atoms with Crippen molar-refractivity contribution in [1.82, 2.24) is 8.75 Å². The topological polar surface area (TPSA) is 77.9 Å². The van der Waals surface area contributed by atoms with Crippen molar-refractivity contribution in [2.75, 3.05) is 12.4 Å². The van der Waals surface area contributed by atoms with E-state index in [1.54, 1.807) is 7.05 Å². The van der Waals surface area contributed by atoms with Crippen molar-refractivity contribution in [2.24, 2.45) is 0 Å². The molecule has 1 rings (SSSR count). The molecule has 0 aliphatic carbocycles. The number of carbonyl (C=O) groups excluding carboxylic acids is 1. The quantitative estimate of drug-likeness (QED) is 0.593. The Bertz CT molecular complexity index is 246. The minimum atomic E-state index is -1.31. The summed E-state index contributed by atoms with van der Waals surface area (Å²) in [6.45, 7) is 0. The smallest absolute Gasteiger partial charge is 0.169 e. The van der Waals surface area contributed by atoms with E-state index >= 15 is 0 Å². The maximum absolute atomic E-state index is 10.2. The van der Waals surface area contributed by atoms with E-state index in [1.165, 1.54) is 0 Å². The number of aromatic nitrogens is 2. The van der Waals surface area contributed by atoms with Crippen LogP contribution < -0.4 is 10.4 Å². The first-order chi connectivity index (χ1) is 4.75. The summed E-state index contributed by atoms with van der Waals surface area (Å²) in [5.74, 6) is -1.05. The van der Waals surface area contributed by atoms with E-state index in [-0.39, 0.29) is 11.5 Å². The lowest BCUT2D eigenvalue weighted by Gasteiger charge is -1.97. The summed E-state index contributed by atoms with van der Waals surface area (Å²) in [6.07, 6.45) is 0. The third kappa shape index (κ3) is 1.06. The van der Waals surface area contributed by atoms with Crippen LogP contribution in [-0.4, -0.2) is 21.8 Å². The van der Waals surface area contributed by atoms with Crippen molar-refractivity contribution < 1.29 is 9.90 Å². The van der Waals surface area contributed by atoms with Crippen LogP contribution in [-0.2, 0) is 0 Å². The molecule has 1 N–H and O–H groups in total. The lowest BCUT2D eigenvalue weighted by atomic mass is 10.4. The van der Waals surface area contributed by atoms with Gasteiger partial charge in [-0.15, -0.1) is 0 Å². The molecule has 10 heavy (non-hydrogen) atoms. The van der Waals surface area contributed by atoms with Gasteiger partial charge in [-0.2, -0.15) is 8.75 Å². The molecule has 1 aromatic heterocycles. The number of aromatic carboxylic acids is 1. The van der Waals surface area contributed by atoms with Crippen LogP contribution >= 0.6 is 11.7 Å². The van der Waals surface area contributed by atoms with Gasteiger partial charge in [-0.05, 0) is 0 Å². The molecular weight excluding hydrogens is 154 g/mol. The van der Waals surface area contributed by atoms with Crippen LogP contribution in [0.1, 0.15) is 10.5 Å². The molecule has 0 spiro atoms. The molecule has 1 heterocycles. The highest BCUT2D eigenvalue weighted by Gasteiger charge is 2.05. The van der Waals surface area contributed by atoms with Crippen molar-refractivity contribution >= 4 is 23.5 Å². The number of carbonyl (C=O) groups is 1. The lowest BCUT2D eigenvalue weighted by Crippen LogP contribution is -2.23. The second-order valence-electron chi connectivity index (χ2n) is 1.50. The summed E-state index contributed by atoms with van der Waals surface area (Å²) in [5, 5.41) is 12.8. The molecule has 6 heteroatoms. The van der Waals surface area contributed by atoms with Gasteiger partial charge in [0.1, 0.15) is 5.69 Å². The molecule has 0 aromatic carbocycles. The van der Waals surface area contributed by atoms with E-state index in [0.717, 1.165) is 11.7 Å². The fraction of sp³-hybridized carbons (Fsp3) is 0.250. The predicted molar refractivity (Wildman–Crippen MR) is 33.8 cm³/mol. The third-order valence-corrected chi connectivity index (χ3v) is 1.45. The van der Waals surface area contributed by atoms with Crippen LogP contribution in [0.4, 0.5) is 5.82 Å². The highest BCUT2D eigenvalue weighted by atomic mass is 32.1. The standard InChI is InChI=1S/C4H5N3O2S/c1-5-3-2(4(8)9)6-10-7-3/h1H3,(H,5,7)(H,8,9)/p-1. The Morgan fingerprint density at radius 3 is 2.80 bits per heavy atom. The molecule has 54 valence electrons. The SMILES string of the molecule is CNc1nsnc1C(=O)[O-]. The van der Waals surface area contributed by atoms with Crippen LogP contribution in [0.3, 0.4) is 0 Å². The van der Waals surface area contributed by atoms with Gasteiger partial charge in [-0.3, -0.25) is 0 Å². The van der Waals surface area contributed by atoms with E-state index in [4.69, 9.17) is 0 Å². The fourth-order valence-electron chi connectivity index (χ4n) is 0.487. The van der Waals surface area contributed by atoms with E-state index < -0.39 is 5.97 Å². The Kier molecular flexibility index (Phi) is 1.81. The Balaban J connectivity index is 3.01. The fourth-order valence-corrected chi connectivity index (χ4v) is 1.03. The van der Waals surface area contributed by atoms with Crippen molar-refractivity contribution in [3.8, 4) is 0 Å². The number of hydrogen-bond donors (Lipinski definition) is 1. The maximum atomic E-state index is 10.2. The van der Waals surface area contributed by atoms with E-state index in [0.29, 0.717) is 0 Å². The summed E-state index contributed by atoms with van der Waals surface area (Å²) in [4.78, 5) is 10.2. The Morgan fingerprint density at radius 1 is 1.70 bits per heavy atom. The van der Waals surface area contributed by atoms with Crippen LogP contribution in [0.2, 0.25) is 0 Å². The predicted octanol–water partition coefficient (Wildman–Crippen LogP) is -1.06. The molecule has 0 atom stereocenters. The van der Waals surface area contributed by atoms with E-state index in [9.17, 15) is 9.90 Å². The number of rotatable bonds is 2. The van der Waals surface area contributed by atoms with Crippen molar-refractivity contribution in [2.45, 2.75) is 0 Å². The van der Waals surface area contributed by atoms with E-state index in [2.05, 4.69) is 14.1 Å². The monoisotopic (exact) mass is 158 g/mol. The highest BCUT2D eigenvalue weighted by molar-refractivity contribution is 6.99. The molecule has 0 bridgehead atoms. The average Bonchev–Trinajstić information content (AvgIpc) is 2.33. The van der Waals surface area contributed by atoms with Gasteiger partial charge in [0, 0.05) is 7.05 Å². The summed E-state index contributed by atoms with van der Waals surface area (Å²) >= 11 is 0.836. The molecular formula is C4H4N3O2S-. The van der Waals surface area contributed by atoms with Crippen molar-refractivity contribution in [3.05, 3.63) is 5.69 Å². The maximum Gasteiger partial charge on any atom is 0.169 e. The zero-order valence-electron chi connectivity index (χ0n) is 5.12. The third-order valence-electron chi connectivity index (χ3n) is 0.919. The zero-order chi connectivity index (χ0) is 7.56. The van der Waals surface area contributed by atoms with Gasteiger partial charge in [-0.1, -0.05) is 0 Å². The van der Waals surface area contributed by atoms with Crippen LogP contribution in [0.5, 0.6) is 0 Å². The minimum Gasteiger partial charge on any atom is -0.543 e. The van der Waals surface area contributed by atoms with Crippen molar-refractivity contribution in [3.63, 3.8) is 0 Å². The number of carboxylic acids is 1.